The molecule has 1 unspecified atom stereocenters. The number of rotatable bonds is 6. The van der Waals surface area contributed by atoms with E-state index in [9.17, 15) is 14.4 Å². The van der Waals surface area contributed by atoms with Crippen LogP contribution in [0.1, 0.15) is 27.1 Å². The summed E-state index contributed by atoms with van der Waals surface area (Å²) in [5.74, 6) is -1.41. The number of amides is 1. The summed E-state index contributed by atoms with van der Waals surface area (Å²) in [5.41, 5.74) is 2.23. The van der Waals surface area contributed by atoms with E-state index in [0.29, 0.717) is 16.7 Å². The van der Waals surface area contributed by atoms with Crippen LogP contribution in [-0.4, -0.2) is 30.8 Å². The van der Waals surface area contributed by atoms with E-state index in [-0.39, 0.29) is 12.2 Å². The van der Waals surface area contributed by atoms with Crippen LogP contribution in [0.2, 0.25) is 0 Å². The summed E-state index contributed by atoms with van der Waals surface area (Å²) >= 11 is 0. The number of methoxy groups -OCH3 is 1. The van der Waals surface area contributed by atoms with E-state index >= 15 is 0 Å². The van der Waals surface area contributed by atoms with Crippen molar-refractivity contribution in [3.63, 3.8) is 0 Å². The summed E-state index contributed by atoms with van der Waals surface area (Å²) in [6.45, 7) is 0. The van der Waals surface area contributed by atoms with Crippen LogP contribution in [0.3, 0.4) is 0 Å². The van der Waals surface area contributed by atoms with Gasteiger partial charge in [-0.1, -0.05) is 36.4 Å². The van der Waals surface area contributed by atoms with Crippen molar-refractivity contribution in [1.29, 1.82) is 0 Å². The molecule has 0 saturated heterocycles. The molecule has 4 aromatic rings. The first kappa shape index (κ1) is 19.4. The first-order valence-corrected chi connectivity index (χ1v) is 9.45. The molecule has 6 heteroatoms. The molecule has 0 bridgehead atoms. The summed E-state index contributed by atoms with van der Waals surface area (Å²) < 4.78 is 10.6. The number of ketones is 1. The van der Waals surface area contributed by atoms with Crippen LogP contribution < -0.4 is 5.32 Å². The van der Waals surface area contributed by atoms with E-state index in [0.717, 1.165) is 16.4 Å². The Hall–Kier alpha value is -3.93. The van der Waals surface area contributed by atoms with Gasteiger partial charge in [-0.05, 0) is 36.4 Å². The van der Waals surface area contributed by atoms with Gasteiger partial charge < -0.3 is 14.5 Å². The number of Topliss-reactive ketones (excluding diaryl/α,β-unsaturated/α-hetero) is 1. The Bertz CT molecular complexity index is 1240. The van der Waals surface area contributed by atoms with Crippen molar-refractivity contribution < 1.29 is 23.5 Å². The molecular weight excluding hydrogens is 382 g/mol. The molecule has 0 fully saturated rings. The van der Waals surface area contributed by atoms with Gasteiger partial charge in [0.2, 0.25) is 0 Å². The molecule has 0 aliphatic rings. The molecule has 4 rings (SSSR count). The Morgan fingerprint density at radius 3 is 2.33 bits per heavy atom. The van der Waals surface area contributed by atoms with Crippen molar-refractivity contribution in [3.8, 4) is 0 Å². The Balaban J connectivity index is 1.58. The quantitative estimate of drug-likeness (QED) is 0.388. The zero-order chi connectivity index (χ0) is 21.1. The van der Waals surface area contributed by atoms with Crippen molar-refractivity contribution in [1.82, 2.24) is 5.32 Å². The highest BCUT2D eigenvalue weighted by molar-refractivity contribution is 6.09. The molecule has 1 aromatic heterocycles. The molecule has 0 saturated carbocycles. The molecule has 150 valence electrons. The minimum atomic E-state index is -1.09. The molecule has 6 nitrogen and oxygen atoms in total. The third kappa shape index (κ3) is 3.80. The molecule has 30 heavy (non-hydrogen) atoms. The van der Waals surface area contributed by atoms with E-state index in [1.165, 1.54) is 7.11 Å². The molecule has 1 atom stereocenters. The number of carbonyl (C=O) groups is 3. The van der Waals surface area contributed by atoms with Crippen LogP contribution in [-0.2, 0) is 9.53 Å². The highest BCUT2D eigenvalue weighted by Gasteiger charge is 2.26. The number of hydrogen-bond acceptors (Lipinski definition) is 5. The minimum absolute atomic E-state index is 0.216. The van der Waals surface area contributed by atoms with Crippen molar-refractivity contribution in [2.24, 2.45) is 0 Å². The molecular formula is C24H19NO5. The predicted molar refractivity (Wildman–Crippen MR) is 112 cm³/mol. The van der Waals surface area contributed by atoms with E-state index in [2.05, 4.69) is 5.32 Å². The third-order valence-electron chi connectivity index (χ3n) is 4.92. The van der Waals surface area contributed by atoms with Crippen LogP contribution >= 0.6 is 0 Å². The van der Waals surface area contributed by atoms with E-state index in [4.69, 9.17) is 9.15 Å². The lowest BCUT2D eigenvalue weighted by molar-refractivity contribution is -0.142. The molecule has 1 N–H and O–H groups in total. The lowest BCUT2D eigenvalue weighted by Gasteiger charge is -2.16. The molecule has 1 amide bonds. The average Bonchev–Trinajstić information content (AvgIpc) is 3.16. The van der Waals surface area contributed by atoms with Gasteiger partial charge in [-0.15, -0.1) is 0 Å². The predicted octanol–water partition coefficient (Wildman–Crippen LogP) is 4.13. The Morgan fingerprint density at radius 1 is 0.867 bits per heavy atom. The topological polar surface area (TPSA) is 85.6 Å². The maximum atomic E-state index is 12.9. The number of esters is 1. The standard InChI is InChI=1S/C24H19NO5/c1-29-24(28)19(25-23(27)15-7-3-2-4-8-15)14-20(26)16-11-12-22-18(13-16)17-9-5-6-10-21(17)30-22/h2-13,19H,14H2,1H3,(H,25,27). The van der Waals surface area contributed by atoms with E-state index in [1.54, 1.807) is 48.5 Å². The van der Waals surface area contributed by atoms with Crippen molar-refractivity contribution in [2.75, 3.05) is 7.11 Å². The Labute approximate surface area is 172 Å². The third-order valence-corrected chi connectivity index (χ3v) is 4.92. The number of fused-ring (bicyclic) bond motifs is 3. The van der Waals surface area contributed by atoms with Gasteiger partial charge in [0.05, 0.1) is 7.11 Å². The average molecular weight is 401 g/mol. The fourth-order valence-electron chi connectivity index (χ4n) is 3.37. The van der Waals surface area contributed by atoms with Gasteiger partial charge >= 0.3 is 5.97 Å². The van der Waals surface area contributed by atoms with Crippen LogP contribution in [0, 0.1) is 0 Å². The van der Waals surface area contributed by atoms with Crippen LogP contribution in [0.15, 0.2) is 77.2 Å². The fraction of sp³-hybridized carbons (Fsp3) is 0.125. The molecule has 1 heterocycles. The van der Waals surface area contributed by atoms with E-state index in [1.807, 2.05) is 24.3 Å². The number of furan rings is 1. The highest BCUT2D eigenvalue weighted by atomic mass is 16.5. The number of ether oxygens (including phenoxy) is 1. The summed E-state index contributed by atoms with van der Waals surface area (Å²) in [6, 6.07) is 20.1. The summed E-state index contributed by atoms with van der Waals surface area (Å²) in [7, 11) is 1.22. The fourth-order valence-corrected chi connectivity index (χ4v) is 3.37. The maximum absolute atomic E-state index is 12.9. The molecule has 0 aliphatic heterocycles. The molecule has 0 radical (unpaired) electrons. The molecule has 0 aliphatic carbocycles. The van der Waals surface area contributed by atoms with Gasteiger partial charge in [0, 0.05) is 28.3 Å². The largest absolute Gasteiger partial charge is 0.467 e. The van der Waals surface area contributed by atoms with Gasteiger partial charge in [0.25, 0.3) is 5.91 Å². The summed E-state index contributed by atoms with van der Waals surface area (Å²) in [6.07, 6.45) is -0.216. The highest BCUT2D eigenvalue weighted by Crippen LogP contribution is 2.29. The van der Waals surface area contributed by atoms with Crippen LogP contribution in [0.5, 0.6) is 0 Å². The first-order valence-electron chi connectivity index (χ1n) is 9.45. The lowest BCUT2D eigenvalue weighted by atomic mass is 10.0. The first-order chi connectivity index (χ1) is 14.6. The SMILES string of the molecule is COC(=O)C(CC(=O)c1ccc2oc3ccccc3c2c1)NC(=O)c1ccccc1. The lowest BCUT2D eigenvalue weighted by Crippen LogP contribution is -2.43. The minimum Gasteiger partial charge on any atom is -0.467 e. The van der Waals surface area contributed by atoms with Crippen molar-refractivity contribution >= 4 is 39.6 Å². The van der Waals surface area contributed by atoms with Crippen LogP contribution in [0.25, 0.3) is 21.9 Å². The maximum Gasteiger partial charge on any atom is 0.328 e. The molecule has 3 aromatic carbocycles. The number of nitrogens with one attached hydrogen (secondary N) is 1. The molecule has 0 spiro atoms. The van der Waals surface area contributed by atoms with E-state index < -0.39 is 17.9 Å². The summed E-state index contributed by atoms with van der Waals surface area (Å²) in [5, 5.41) is 4.32. The van der Waals surface area contributed by atoms with Gasteiger partial charge in [0.1, 0.15) is 17.2 Å². The van der Waals surface area contributed by atoms with Gasteiger partial charge in [0.15, 0.2) is 5.78 Å². The number of carbonyl (C=O) groups excluding carboxylic acids is 3. The van der Waals surface area contributed by atoms with Gasteiger partial charge in [-0.2, -0.15) is 0 Å². The summed E-state index contributed by atoms with van der Waals surface area (Å²) in [4.78, 5) is 37.5. The number of benzene rings is 3. The van der Waals surface area contributed by atoms with Gasteiger partial charge in [-0.3, -0.25) is 9.59 Å². The monoisotopic (exact) mass is 401 g/mol. The van der Waals surface area contributed by atoms with Crippen LogP contribution in [0.4, 0.5) is 0 Å². The second kappa shape index (κ2) is 8.21. The number of hydrogen-bond donors (Lipinski definition) is 1. The zero-order valence-corrected chi connectivity index (χ0v) is 16.3. The smallest absolute Gasteiger partial charge is 0.328 e. The Kier molecular flexibility index (Phi) is 5.30. The second-order valence-electron chi connectivity index (χ2n) is 6.85. The normalized spacial score (nSPS) is 11.9. The zero-order valence-electron chi connectivity index (χ0n) is 16.3. The van der Waals surface area contributed by atoms with Gasteiger partial charge in [-0.25, -0.2) is 4.79 Å². The number of para-hydroxylation sites is 1. The second-order valence-corrected chi connectivity index (χ2v) is 6.85. The van der Waals surface area contributed by atoms with Crippen molar-refractivity contribution in [2.45, 2.75) is 12.5 Å². The Morgan fingerprint density at radius 2 is 1.57 bits per heavy atom. The van der Waals surface area contributed by atoms with Crippen molar-refractivity contribution in [3.05, 3.63) is 83.9 Å².